The van der Waals surface area contributed by atoms with E-state index in [4.69, 9.17) is 4.74 Å². The molecule has 0 spiro atoms. The number of aliphatic hydroxyl groups is 1. The number of ether oxygens (including phenoxy) is 2. The Bertz CT molecular complexity index is 497. The number of aliphatic hydroxyl groups excluding tert-OH is 1. The molecule has 0 bridgehead atoms. The lowest BCUT2D eigenvalue weighted by atomic mass is 9.77. The molecule has 1 aromatic carbocycles. The molecule has 0 atom stereocenters. The molecule has 1 heterocycles. The molecule has 4 nitrogen and oxygen atoms in total. The van der Waals surface area contributed by atoms with E-state index < -0.39 is 6.61 Å². The van der Waals surface area contributed by atoms with Gasteiger partial charge >= 0.3 is 6.61 Å². The first-order chi connectivity index (χ1) is 11.0. The summed E-state index contributed by atoms with van der Waals surface area (Å²) in [5.74, 6) is 0.812. The SMILES string of the molecule is CCC1(CO)CCN(Cc2cc(OC)ccc2OC(F)F)CC1. The summed E-state index contributed by atoms with van der Waals surface area (Å²) >= 11 is 0. The number of rotatable bonds is 7. The highest BCUT2D eigenvalue weighted by molar-refractivity contribution is 5.40. The monoisotopic (exact) mass is 329 g/mol. The zero-order valence-corrected chi connectivity index (χ0v) is 13.7. The highest BCUT2D eigenvalue weighted by Gasteiger charge is 2.32. The minimum Gasteiger partial charge on any atom is -0.497 e. The van der Waals surface area contributed by atoms with Crippen molar-refractivity contribution in [3.63, 3.8) is 0 Å². The minimum atomic E-state index is -2.84. The zero-order chi connectivity index (χ0) is 16.9. The average Bonchev–Trinajstić information content (AvgIpc) is 2.57. The average molecular weight is 329 g/mol. The maximum absolute atomic E-state index is 12.6. The Hall–Kier alpha value is -1.40. The summed E-state index contributed by atoms with van der Waals surface area (Å²) in [5.41, 5.74) is 0.699. The molecule has 0 aliphatic carbocycles. The molecule has 1 aliphatic rings. The Morgan fingerprint density at radius 2 is 2.00 bits per heavy atom. The second kappa shape index (κ2) is 7.93. The molecule has 0 aromatic heterocycles. The van der Waals surface area contributed by atoms with Crippen molar-refractivity contribution in [2.24, 2.45) is 5.41 Å². The third-order valence-electron chi connectivity index (χ3n) is 4.88. The predicted molar refractivity (Wildman–Crippen MR) is 83.9 cm³/mol. The molecular formula is C17H25F2NO3. The number of alkyl halides is 2. The lowest BCUT2D eigenvalue weighted by Crippen LogP contribution is -2.41. The van der Waals surface area contributed by atoms with E-state index in [9.17, 15) is 13.9 Å². The summed E-state index contributed by atoms with van der Waals surface area (Å²) in [4.78, 5) is 2.21. The number of benzene rings is 1. The van der Waals surface area contributed by atoms with E-state index in [1.807, 2.05) is 0 Å². The van der Waals surface area contributed by atoms with Crippen LogP contribution in [-0.2, 0) is 6.54 Å². The van der Waals surface area contributed by atoms with Gasteiger partial charge in [0.25, 0.3) is 0 Å². The molecule has 1 N–H and O–H groups in total. The van der Waals surface area contributed by atoms with Crippen LogP contribution in [0.4, 0.5) is 8.78 Å². The number of piperidine rings is 1. The van der Waals surface area contributed by atoms with E-state index >= 15 is 0 Å². The Morgan fingerprint density at radius 1 is 1.30 bits per heavy atom. The van der Waals surface area contributed by atoms with Gasteiger partial charge in [0.2, 0.25) is 0 Å². The first-order valence-corrected chi connectivity index (χ1v) is 7.97. The van der Waals surface area contributed by atoms with Gasteiger partial charge in [0.15, 0.2) is 0 Å². The molecule has 1 fully saturated rings. The Labute approximate surface area is 136 Å². The van der Waals surface area contributed by atoms with Crippen LogP contribution >= 0.6 is 0 Å². The number of halogens is 2. The van der Waals surface area contributed by atoms with E-state index in [0.29, 0.717) is 17.9 Å². The van der Waals surface area contributed by atoms with Crippen LogP contribution in [0, 0.1) is 5.41 Å². The summed E-state index contributed by atoms with van der Waals surface area (Å²) in [6, 6.07) is 4.88. The molecule has 0 unspecified atom stereocenters. The number of methoxy groups -OCH3 is 1. The number of nitrogens with zero attached hydrogens (tertiary/aromatic N) is 1. The topological polar surface area (TPSA) is 41.9 Å². The molecule has 130 valence electrons. The third kappa shape index (κ3) is 4.54. The number of hydrogen-bond donors (Lipinski definition) is 1. The summed E-state index contributed by atoms with van der Waals surface area (Å²) in [5, 5.41) is 9.59. The van der Waals surface area contributed by atoms with Gasteiger partial charge in [0.1, 0.15) is 11.5 Å². The summed E-state index contributed by atoms with van der Waals surface area (Å²) in [6.45, 7) is 1.66. The molecule has 1 saturated heterocycles. The zero-order valence-electron chi connectivity index (χ0n) is 13.7. The van der Waals surface area contributed by atoms with Crippen molar-refractivity contribution < 1.29 is 23.4 Å². The van der Waals surface area contributed by atoms with Gasteiger partial charge in [0.05, 0.1) is 7.11 Å². The molecule has 23 heavy (non-hydrogen) atoms. The van der Waals surface area contributed by atoms with Gasteiger partial charge in [-0.1, -0.05) is 6.92 Å². The molecule has 0 amide bonds. The van der Waals surface area contributed by atoms with Crippen molar-refractivity contribution in [3.8, 4) is 11.5 Å². The fraction of sp³-hybridized carbons (Fsp3) is 0.647. The van der Waals surface area contributed by atoms with Crippen LogP contribution in [0.3, 0.4) is 0 Å². The standard InChI is InChI=1S/C17H25F2NO3/c1-3-17(12-21)6-8-20(9-7-17)11-13-10-14(22-2)4-5-15(13)23-16(18)19/h4-5,10,16,21H,3,6-9,11-12H2,1-2H3. The van der Waals surface area contributed by atoms with Crippen LogP contribution in [0.25, 0.3) is 0 Å². The van der Waals surface area contributed by atoms with Gasteiger partial charge in [-0.15, -0.1) is 0 Å². The van der Waals surface area contributed by atoms with Crippen molar-refractivity contribution in [1.82, 2.24) is 4.90 Å². The van der Waals surface area contributed by atoms with E-state index in [-0.39, 0.29) is 17.8 Å². The first kappa shape index (κ1) is 17.9. The normalized spacial score (nSPS) is 18.2. The predicted octanol–water partition coefficient (Wildman–Crippen LogP) is 3.28. The maximum Gasteiger partial charge on any atom is 0.387 e. The van der Waals surface area contributed by atoms with Gasteiger partial charge in [-0.25, -0.2) is 0 Å². The van der Waals surface area contributed by atoms with E-state index in [1.165, 1.54) is 6.07 Å². The fourth-order valence-corrected chi connectivity index (χ4v) is 3.07. The molecule has 0 radical (unpaired) electrons. The van der Waals surface area contributed by atoms with Crippen LogP contribution in [0.2, 0.25) is 0 Å². The molecule has 2 rings (SSSR count). The van der Waals surface area contributed by atoms with Crippen LogP contribution in [0.15, 0.2) is 18.2 Å². The number of hydrogen-bond acceptors (Lipinski definition) is 4. The van der Waals surface area contributed by atoms with Crippen LogP contribution in [0.5, 0.6) is 11.5 Å². The summed E-state index contributed by atoms with van der Waals surface area (Å²) in [6.07, 6.45) is 2.78. The van der Waals surface area contributed by atoms with Gasteiger partial charge in [-0.05, 0) is 56.0 Å². The maximum atomic E-state index is 12.6. The lowest BCUT2D eigenvalue weighted by Gasteiger charge is -2.40. The molecule has 1 aromatic rings. The molecular weight excluding hydrogens is 304 g/mol. The molecule has 1 aliphatic heterocycles. The Balaban J connectivity index is 2.07. The van der Waals surface area contributed by atoms with Crippen molar-refractivity contribution in [2.45, 2.75) is 39.3 Å². The smallest absolute Gasteiger partial charge is 0.387 e. The van der Waals surface area contributed by atoms with Crippen LogP contribution in [0.1, 0.15) is 31.7 Å². The second-order valence-electron chi connectivity index (χ2n) is 6.14. The third-order valence-corrected chi connectivity index (χ3v) is 4.88. The highest BCUT2D eigenvalue weighted by Crippen LogP contribution is 2.35. The van der Waals surface area contributed by atoms with E-state index in [2.05, 4.69) is 16.6 Å². The second-order valence-corrected chi connectivity index (χ2v) is 6.14. The van der Waals surface area contributed by atoms with Crippen LogP contribution < -0.4 is 9.47 Å². The van der Waals surface area contributed by atoms with Gasteiger partial charge in [0, 0.05) is 18.7 Å². The number of likely N-dealkylation sites (tertiary alicyclic amines) is 1. The minimum absolute atomic E-state index is 0.00712. The van der Waals surface area contributed by atoms with Gasteiger partial charge in [-0.3, -0.25) is 4.90 Å². The quantitative estimate of drug-likeness (QED) is 0.833. The fourth-order valence-electron chi connectivity index (χ4n) is 3.07. The Kier molecular flexibility index (Phi) is 6.18. The Morgan fingerprint density at radius 3 is 2.52 bits per heavy atom. The largest absolute Gasteiger partial charge is 0.497 e. The highest BCUT2D eigenvalue weighted by atomic mass is 19.3. The summed E-state index contributed by atoms with van der Waals surface area (Å²) in [7, 11) is 1.55. The van der Waals surface area contributed by atoms with Gasteiger partial charge < -0.3 is 14.6 Å². The van der Waals surface area contributed by atoms with Crippen LogP contribution in [-0.4, -0.2) is 43.4 Å². The first-order valence-electron chi connectivity index (χ1n) is 7.97. The molecule has 6 heteroatoms. The van der Waals surface area contributed by atoms with Crippen molar-refractivity contribution in [3.05, 3.63) is 23.8 Å². The van der Waals surface area contributed by atoms with E-state index in [1.54, 1.807) is 19.2 Å². The van der Waals surface area contributed by atoms with Crippen molar-refractivity contribution in [2.75, 3.05) is 26.8 Å². The molecule has 0 saturated carbocycles. The van der Waals surface area contributed by atoms with Crippen molar-refractivity contribution >= 4 is 0 Å². The summed E-state index contributed by atoms with van der Waals surface area (Å²) < 4.78 is 34.9. The van der Waals surface area contributed by atoms with Gasteiger partial charge in [-0.2, -0.15) is 8.78 Å². The van der Waals surface area contributed by atoms with Crippen molar-refractivity contribution in [1.29, 1.82) is 0 Å². The van der Waals surface area contributed by atoms with E-state index in [0.717, 1.165) is 32.4 Å². The lowest BCUT2D eigenvalue weighted by molar-refractivity contribution is -0.0510.